The van der Waals surface area contributed by atoms with Gasteiger partial charge in [0.2, 0.25) is 0 Å². The summed E-state index contributed by atoms with van der Waals surface area (Å²) < 4.78 is 0. The minimum atomic E-state index is 0.184. The molecule has 0 aromatic heterocycles. The van der Waals surface area contributed by atoms with Crippen LogP contribution < -0.4 is 5.73 Å². The van der Waals surface area contributed by atoms with E-state index in [9.17, 15) is 0 Å². The van der Waals surface area contributed by atoms with Gasteiger partial charge in [-0.2, -0.15) is 0 Å². The van der Waals surface area contributed by atoms with Crippen LogP contribution >= 0.6 is 0 Å². The van der Waals surface area contributed by atoms with E-state index >= 15 is 0 Å². The van der Waals surface area contributed by atoms with E-state index in [1.807, 2.05) is 0 Å². The predicted octanol–water partition coefficient (Wildman–Crippen LogP) is 2.87. The number of rotatable bonds is 7. The van der Waals surface area contributed by atoms with Crippen molar-refractivity contribution in [1.82, 2.24) is 4.90 Å². The van der Waals surface area contributed by atoms with Gasteiger partial charge in [0, 0.05) is 11.6 Å². The summed E-state index contributed by atoms with van der Waals surface area (Å²) in [4.78, 5) is 2.32. The molecule has 0 fully saturated rings. The Labute approximate surface area is 96.2 Å². The molecule has 0 aliphatic carbocycles. The quantitative estimate of drug-likeness (QED) is 0.706. The summed E-state index contributed by atoms with van der Waals surface area (Å²) in [5.74, 6) is 0.734. The van der Waals surface area contributed by atoms with E-state index in [1.165, 1.54) is 6.42 Å². The van der Waals surface area contributed by atoms with Gasteiger partial charge in [-0.15, -0.1) is 0 Å². The first-order chi connectivity index (χ1) is 6.94. The van der Waals surface area contributed by atoms with Gasteiger partial charge in [0.25, 0.3) is 0 Å². The van der Waals surface area contributed by atoms with E-state index in [1.54, 1.807) is 0 Å². The highest BCUT2D eigenvalue weighted by molar-refractivity contribution is 4.95. The Morgan fingerprint density at radius 2 is 1.60 bits per heavy atom. The topological polar surface area (TPSA) is 29.3 Å². The maximum absolute atomic E-state index is 6.41. The van der Waals surface area contributed by atoms with E-state index < -0.39 is 0 Å². The van der Waals surface area contributed by atoms with Crippen molar-refractivity contribution in [3.63, 3.8) is 0 Å². The van der Waals surface area contributed by atoms with Gasteiger partial charge in [0.05, 0.1) is 0 Å². The summed E-state index contributed by atoms with van der Waals surface area (Å²) in [6, 6.07) is 0.289. The third kappa shape index (κ3) is 3.46. The summed E-state index contributed by atoms with van der Waals surface area (Å²) in [5.41, 5.74) is 6.59. The summed E-state index contributed by atoms with van der Waals surface area (Å²) in [7, 11) is 4.31. The molecule has 2 nitrogen and oxygen atoms in total. The van der Waals surface area contributed by atoms with Crippen LogP contribution in [0.25, 0.3) is 0 Å². The first kappa shape index (κ1) is 14.9. The smallest absolute Gasteiger partial charge is 0.0349 e. The molecule has 0 aliphatic heterocycles. The monoisotopic (exact) mass is 214 g/mol. The first-order valence-corrected chi connectivity index (χ1v) is 6.37. The SMILES string of the molecule is CCC(C)CC(N)C(CC)(CC)N(C)C. The summed E-state index contributed by atoms with van der Waals surface area (Å²) in [6.45, 7) is 9.04. The van der Waals surface area contributed by atoms with E-state index in [2.05, 4.69) is 46.7 Å². The normalized spacial score (nSPS) is 16.8. The fraction of sp³-hybridized carbons (Fsp3) is 1.00. The van der Waals surface area contributed by atoms with Gasteiger partial charge in [-0.3, -0.25) is 0 Å². The highest BCUT2D eigenvalue weighted by Gasteiger charge is 2.35. The summed E-state index contributed by atoms with van der Waals surface area (Å²) >= 11 is 0. The van der Waals surface area contributed by atoms with Crippen molar-refractivity contribution in [2.75, 3.05) is 14.1 Å². The van der Waals surface area contributed by atoms with E-state index in [0.29, 0.717) is 0 Å². The van der Waals surface area contributed by atoms with E-state index in [-0.39, 0.29) is 11.6 Å². The van der Waals surface area contributed by atoms with Gasteiger partial charge in [0.15, 0.2) is 0 Å². The summed E-state index contributed by atoms with van der Waals surface area (Å²) in [5, 5.41) is 0. The Kier molecular flexibility index (Phi) is 6.46. The molecule has 0 aromatic rings. The van der Waals surface area contributed by atoms with Crippen LogP contribution in [0.1, 0.15) is 53.4 Å². The molecule has 0 saturated carbocycles. The van der Waals surface area contributed by atoms with Crippen LogP contribution in [-0.2, 0) is 0 Å². The Morgan fingerprint density at radius 3 is 1.87 bits per heavy atom. The lowest BCUT2D eigenvalue weighted by atomic mass is 9.79. The standard InChI is InChI=1S/C13H30N2/c1-7-11(4)10-12(14)13(8-2,9-3)15(5)6/h11-12H,7-10,14H2,1-6H3. The number of nitrogens with two attached hydrogens (primary N) is 1. The molecule has 0 saturated heterocycles. The third-order valence-corrected chi connectivity index (χ3v) is 4.16. The molecule has 0 amide bonds. The molecule has 0 heterocycles. The number of hydrogen-bond donors (Lipinski definition) is 1. The minimum Gasteiger partial charge on any atom is -0.326 e. The number of likely N-dealkylation sites (N-methyl/N-ethyl adjacent to an activating group) is 1. The van der Waals surface area contributed by atoms with Gasteiger partial charge in [0.1, 0.15) is 0 Å². The second kappa shape index (κ2) is 6.49. The lowest BCUT2D eigenvalue weighted by Crippen LogP contribution is -2.57. The molecule has 0 aliphatic rings. The Hall–Kier alpha value is -0.0800. The van der Waals surface area contributed by atoms with Gasteiger partial charge < -0.3 is 10.6 Å². The molecule has 2 N–H and O–H groups in total. The fourth-order valence-electron chi connectivity index (χ4n) is 2.56. The van der Waals surface area contributed by atoms with E-state index in [4.69, 9.17) is 5.73 Å². The average molecular weight is 214 g/mol. The molecule has 2 heteroatoms. The molecule has 0 rings (SSSR count). The second-order valence-electron chi connectivity index (χ2n) is 5.06. The summed E-state index contributed by atoms with van der Waals surface area (Å²) in [6.07, 6.45) is 4.63. The zero-order chi connectivity index (χ0) is 12.1. The van der Waals surface area contributed by atoms with Crippen molar-refractivity contribution < 1.29 is 0 Å². The molecule has 92 valence electrons. The lowest BCUT2D eigenvalue weighted by molar-refractivity contribution is 0.0947. The van der Waals surface area contributed by atoms with Gasteiger partial charge in [-0.1, -0.05) is 34.1 Å². The fourth-order valence-corrected chi connectivity index (χ4v) is 2.56. The molecule has 0 radical (unpaired) electrons. The van der Waals surface area contributed by atoms with Crippen molar-refractivity contribution in [2.45, 2.75) is 65.0 Å². The molecule has 15 heavy (non-hydrogen) atoms. The van der Waals surface area contributed by atoms with Gasteiger partial charge in [-0.05, 0) is 39.3 Å². The highest BCUT2D eigenvalue weighted by atomic mass is 15.2. The van der Waals surface area contributed by atoms with Crippen LogP contribution in [0.2, 0.25) is 0 Å². The van der Waals surface area contributed by atoms with Crippen LogP contribution in [0.4, 0.5) is 0 Å². The van der Waals surface area contributed by atoms with Crippen molar-refractivity contribution in [3.8, 4) is 0 Å². The third-order valence-electron chi connectivity index (χ3n) is 4.16. The molecule has 0 spiro atoms. The molecular formula is C13H30N2. The highest BCUT2D eigenvalue weighted by Crippen LogP contribution is 2.28. The number of hydrogen-bond acceptors (Lipinski definition) is 2. The average Bonchev–Trinajstić information content (AvgIpc) is 2.19. The Morgan fingerprint density at radius 1 is 1.13 bits per heavy atom. The second-order valence-corrected chi connectivity index (χ2v) is 5.06. The maximum Gasteiger partial charge on any atom is 0.0349 e. The van der Waals surface area contributed by atoms with Crippen molar-refractivity contribution in [1.29, 1.82) is 0 Å². The zero-order valence-electron chi connectivity index (χ0n) is 11.5. The van der Waals surface area contributed by atoms with E-state index in [0.717, 1.165) is 25.2 Å². The van der Waals surface area contributed by atoms with Gasteiger partial charge in [-0.25, -0.2) is 0 Å². The van der Waals surface area contributed by atoms with Crippen LogP contribution in [-0.4, -0.2) is 30.6 Å². The molecule has 0 aromatic carbocycles. The van der Waals surface area contributed by atoms with Crippen molar-refractivity contribution in [3.05, 3.63) is 0 Å². The predicted molar refractivity (Wildman–Crippen MR) is 69.0 cm³/mol. The van der Waals surface area contributed by atoms with Crippen molar-refractivity contribution >= 4 is 0 Å². The van der Waals surface area contributed by atoms with Gasteiger partial charge >= 0.3 is 0 Å². The zero-order valence-corrected chi connectivity index (χ0v) is 11.5. The van der Waals surface area contributed by atoms with Crippen LogP contribution in [0.3, 0.4) is 0 Å². The molecule has 2 unspecified atom stereocenters. The maximum atomic E-state index is 6.41. The molecule has 2 atom stereocenters. The lowest BCUT2D eigenvalue weighted by Gasteiger charge is -2.44. The Balaban J connectivity index is 4.61. The number of nitrogens with zero attached hydrogens (tertiary/aromatic N) is 1. The van der Waals surface area contributed by atoms with Crippen LogP contribution in [0.15, 0.2) is 0 Å². The largest absolute Gasteiger partial charge is 0.326 e. The Bertz CT molecular complexity index is 162. The van der Waals surface area contributed by atoms with Crippen LogP contribution in [0, 0.1) is 5.92 Å². The van der Waals surface area contributed by atoms with Crippen LogP contribution in [0.5, 0.6) is 0 Å². The van der Waals surface area contributed by atoms with Crippen molar-refractivity contribution in [2.24, 2.45) is 11.7 Å². The first-order valence-electron chi connectivity index (χ1n) is 6.37. The molecular weight excluding hydrogens is 184 g/mol. The minimum absolute atomic E-state index is 0.184. The molecule has 0 bridgehead atoms.